The number of nitrogens with zero attached hydrogens (tertiary/aromatic N) is 1. The monoisotopic (exact) mass is 225 g/mol. The predicted molar refractivity (Wildman–Crippen MR) is 53.6 cm³/mol. The number of carbonyl (C=O) groups is 1. The zero-order valence-corrected chi connectivity index (χ0v) is 8.26. The molecule has 0 radical (unpaired) electrons. The molecule has 0 spiro atoms. The Hall–Kier alpha value is -2.16. The molecule has 2 amide bonds. The van der Waals surface area contributed by atoms with Crippen LogP contribution in [0.2, 0.25) is 0 Å². The van der Waals surface area contributed by atoms with E-state index in [-0.39, 0.29) is 18.7 Å². The van der Waals surface area contributed by atoms with Gasteiger partial charge >= 0.3 is 6.03 Å². The van der Waals surface area contributed by atoms with E-state index in [9.17, 15) is 13.6 Å². The maximum absolute atomic E-state index is 13.1. The van der Waals surface area contributed by atoms with Crippen molar-refractivity contribution in [3.05, 3.63) is 29.8 Å². The van der Waals surface area contributed by atoms with Crippen LogP contribution in [0.5, 0.6) is 0 Å². The van der Waals surface area contributed by atoms with Gasteiger partial charge in [0.2, 0.25) is 0 Å². The molecule has 0 aromatic heterocycles. The number of rotatable bonds is 3. The summed E-state index contributed by atoms with van der Waals surface area (Å²) in [7, 11) is 0. The van der Waals surface area contributed by atoms with Gasteiger partial charge < -0.3 is 10.6 Å². The fourth-order valence-electron chi connectivity index (χ4n) is 0.989. The van der Waals surface area contributed by atoms with E-state index in [4.69, 9.17) is 5.26 Å². The van der Waals surface area contributed by atoms with Crippen LogP contribution in [0.3, 0.4) is 0 Å². The summed E-state index contributed by atoms with van der Waals surface area (Å²) in [5.74, 6) is -1.57. The first-order valence-corrected chi connectivity index (χ1v) is 4.50. The van der Waals surface area contributed by atoms with Crippen molar-refractivity contribution in [1.82, 2.24) is 5.32 Å². The van der Waals surface area contributed by atoms with Gasteiger partial charge in [0.05, 0.1) is 18.2 Å². The van der Waals surface area contributed by atoms with Crippen LogP contribution in [-0.2, 0) is 0 Å². The number of nitriles is 1. The molecule has 0 bridgehead atoms. The van der Waals surface area contributed by atoms with Crippen molar-refractivity contribution in [2.75, 3.05) is 11.9 Å². The lowest BCUT2D eigenvalue weighted by atomic mass is 10.3. The van der Waals surface area contributed by atoms with Gasteiger partial charge in [-0.05, 0) is 12.1 Å². The highest BCUT2D eigenvalue weighted by Gasteiger charge is 2.06. The van der Waals surface area contributed by atoms with E-state index in [0.717, 1.165) is 12.1 Å². The Morgan fingerprint density at radius 2 is 2.19 bits per heavy atom. The first-order chi connectivity index (χ1) is 7.63. The zero-order valence-electron chi connectivity index (χ0n) is 8.26. The molecule has 1 aromatic carbocycles. The van der Waals surface area contributed by atoms with Crippen LogP contribution in [0.15, 0.2) is 18.2 Å². The van der Waals surface area contributed by atoms with E-state index >= 15 is 0 Å². The Balaban J connectivity index is 2.53. The number of anilines is 1. The highest BCUT2D eigenvalue weighted by Crippen LogP contribution is 2.14. The Kier molecular flexibility index (Phi) is 4.21. The normalized spacial score (nSPS) is 9.31. The average Bonchev–Trinajstić information content (AvgIpc) is 2.23. The quantitative estimate of drug-likeness (QED) is 0.772. The van der Waals surface area contributed by atoms with Gasteiger partial charge in [-0.25, -0.2) is 13.6 Å². The van der Waals surface area contributed by atoms with Crippen molar-refractivity contribution in [3.8, 4) is 6.07 Å². The number of benzene rings is 1. The Labute approximate surface area is 90.9 Å². The molecule has 2 N–H and O–H groups in total. The molecule has 1 aromatic rings. The summed E-state index contributed by atoms with van der Waals surface area (Å²) < 4.78 is 25.6. The van der Waals surface area contributed by atoms with Crippen LogP contribution >= 0.6 is 0 Å². The van der Waals surface area contributed by atoms with Gasteiger partial charge in [0, 0.05) is 12.6 Å². The first-order valence-electron chi connectivity index (χ1n) is 4.50. The average molecular weight is 225 g/mol. The Bertz CT molecular complexity index is 429. The maximum atomic E-state index is 13.1. The second kappa shape index (κ2) is 5.66. The van der Waals surface area contributed by atoms with Gasteiger partial charge in [-0.1, -0.05) is 0 Å². The van der Waals surface area contributed by atoms with Gasteiger partial charge in [0.15, 0.2) is 0 Å². The molecule has 6 heteroatoms. The number of amides is 2. The van der Waals surface area contributed by atoms with Crippen LogP contribution in [0, 0.1) is 23.0 Å². The van der Waals surface area contributed by atoms with Gasteiger partial charge in [0.1, 0.15) is 11.6 Å². The molecule has 0 aliphatic heterocycles. The third kappa shape index (κ3) is 3.53. The molecule has 0 saturated carbocycles. The van der Waals surface area contributed by atoms with Gasteiger partial charge in [-0.15, -0.1) is 0 Å². The number of urea groups is 1. The SMILES string of the molecule is N#CCCNC(=O)Nc1ccc(F)cc1F. The van der Waals surface area contributed by atoms with Crippen molar-refractivity contribution >= 4 is 11.7 Å². The van der Waals surface area contributed by atoms with Crippen molar-refractivity contribution in [3.63, 3.8) is 0 Å². The minimum absolute atomic E-state index is 0.115. The van der Waals surface area contributed by atoms with Crippen molar-refractivity contribution in [2.24, 2.45) is 0 Å². The molecule has 0 saturated heterocycles. The molecule has 0 heterocycles. The van der Waals surface area contributed by atoms with E-state index in [2.05, 4.69) is 10.6 Å². The summed E-state index contributed by atoms with van der Waals surface area (Å²) in [6.07, 6.45) is 0.166. The molecule has 0 unspecified atom stereocenters. The summed E-state index contributed by atoms with van der Waals surface area (Å²) in [5, 5.41) is 12.8. The third-order valence-corrected chi connectivity index (χ3v) is 1.70. The highest BCUT2D eigenvalue weighted by molar-refractivity contribution is 5.89. The van der Waals surface area contributed by atoms with E-state index in [1.807, 2.05) is 6.07 Å². The minimum atomic E-state index is -0.851. The largest absolute Gasteiger partial charge is 0.337 e. The van der Waals surface area contributed by atoms with E-state index < -0.39 is 17.7 Å². The second-order valence-electron chi connectivity index (χ2n) is 2.91. The highest BCUT2D eigenvalue weighted by atomic mass is 19.1. The smallest absolute Gasteiger partial charge is 0.319 e. The topological polar surface area (TPSA) is 64.9 Å². The molecule has 16 heavy (non-hydrogen) atoms. The fourth-order valence-corrected chi connectivity index (χ4v) is 0.989. The molecule has 0 fully saturated rings. The van der Waals surface area contributed by atoms with Crippen LogP contribution in [-0.4, -0.2) is 12.6 Å². The predicted octanol–water partition coefficient (Wildman–Crippen LogP) is 2.00. The molecular weight excluding hydrogens is 216 g/mol. The molecular formula is C10H9F2N3O. The Morgan fingerprint density at radius 1 is 1.44 bits per heavy atom. The van der Waals surface area contributed by atoms with E-state index in [1.165, 1.54) is 0 Å². The second-order valence-corrected chi connectivity index (χ2v) is 2.91. The number of hydrogen-bond donors (Lipinski definition) is 2. The molecule has 84 valence electrons. The number of carbonyl (C=O) groups excluding carboxylic acids is 1. The summed E-state index contributed by atoms with van der Waals surface area (Å²) in [5.41, 5.74) is -0.115. The lowest BCUT2D eigenvalue weighted by Gasteiger charge is -2.06. The summed E-state index contributed by atoms with van der Waals surface area (Å²) in [6.45, 7) is 0.172. The first kappa shape index (κ1) is 11.9. The van der Waals surface area contributed by atoms with Crippen molar-refractivity contribution < 1.29 is 13.6 Å². The summed E-state index contributed by atoms with van der Waals surface area (Å²) in [6, 6.07) is 4.03. The summed E-state index contributed by atoms with van der Waals surface area (Å²) in [4.78, 5) is 11.1. The molecule has 0 aliphatic carbocycles. The van der Waals surface area contributed by atoms with Gasteiger partial charge in [0.25, 0.3) is 0 Å². The summed E-state index contributed by atoms with van der Waals surface area (Å²) >= 11 is 0. The molecule has 4 nitrogen and oxygen atoms in total. The standard InChI is InChI=1S/C10H9F2N3O/c11-7-2-3-9(8(12)6-7)15-10(16)14-5-1-4-13/h2-3,6H,1,5H2,(H2,14,15,16). The van der Waals surface area contributed by atoms with Crippen LogP contribution in [0.1, 0.15) is 6.42 Å². The number of hydrogen-bond acceptors (Lipinski definition) is 2. The molecule has 0 aliphatic rings. The molecule has 1 rings (SSSR count). The lowest BCUT2D eigenvalue weighted by molar-refractivity contribution is 0.252. The molecule has 0 atom stereocenters. The third-order valence-electron chi connectivity index (χ3n) is 1.70. The maximum Gasteiger partial charge on any atom is 0.319 e. The van der Waals surface area contributed by atoms with Gasteiger partial charge in [-0.2, -0.15) is 5.26 Å². The minimum Gasteiger partial charge on any atom is -0.337 e. The van der Waals surface area contributed by atoms with E-state index in [1.54, 1.807) is 0 Å². The number of nitrogens with one attached hydrogen (secondary N) is 2. The Morgan fingerprint density at radius 3 is 2.81 bits per heavy atom. The zero-order chi connectivity index (χ0) is 12.0. The lowest BCUT2D eigenvalue weighted by Crippen LogP contribution is -2.29. The van der Waals surface area contributed by atoms with Gasteiger partial charge in [-0.3, -0.25) is 0 Å². The number of halogens is 2. The van der Waals surface area contributed by atoms with E-state index in [0.29, 0.717) is 6.07 Å². The fraction of sp³-hybridized carbons (Fsp3) is 0.200. The van der Waals surface area contributed by atoms with Crippen LogP contribution in [0.4, 0.5) is 19.3 Å². The van der Waals surface area contributed by atoms with Crippen LogP contribution in [0.25, 0.3) is 0 Å². The van der Waals surface area contributed by atoms with Crippen molar-refractivity contribution in [1.29, 1.82) is 5.26 Å². The van der Waals surface area contributed by atoms with Crippen LogP contribution < -0.4 is 10.6 Å². The van der Waals surface area contributed by atoms with Crippen molar-refractivity contribution in [2.45, 2.75) is 6.42 Å².